The molecular weight excluding hydrogens is 396 g/mol. The molecule has 0 radical (unpaired) electrons. The summed E-state index contributed by atoms with van der Waals surface area (Å²) in [5, 5.41) is 5.17. The van der Waals surface area contributed by atoms with Gasteiger partial charge in [-0.25, -0.2) is 4.79 Å². The van der Waals surface area contributed by atoms with E-state index < -0.39 is 17.8 Å². The first-order valence-electron chi connectivity index (χ1n) is 10.4. The minimum absolute atomic E-state index is 0.370. The summed E-state index contributed by atoms with van der Waals surface area (Å²) in [5.41, 5.74) is 2.05. The van der Waals surface area contributed by atoms with Crippen LogP contribution < -0.4 is 15.5 Å². The van der Waals surface area contributed by atoms with Gasteiger partial charge in [-0.3, -0.25) is 14.5 Å². The van der Waals surface area contributed by atoms with E-state index in [1.807, 2.05) is 6.07 Å². The highest BCUT2D eigenvalue weighted by atomic mass is 16.5. The molecule has 0 aliphatic carbocycles. The van der Waals surface area contributed by atoms with Crippen LogP contribution in [0.1, 0.15) is 16.8 Å². The number of amides is 2. The second kappa shape index (κ2) is 11.1. The van der Waals surface area contributed by atoms with Crippen LogP contribution in [-0.4, -0.2) is 69.1 Å². The van der Waals surface area contributed by atoms with Crippen LogP contribution in [0.3, 0.4) is 0 Å². The molecule has 0 aromatic heterocycles. The Bertz CT molecular complexity index is 878. The van der Waals surface area contributed by atoms with Crippen molar-refractivity contribution >= 4 is 29.2 Å². The number of carbonyl (C=O) groups excluding carboxylic acids is 3. The van der Waals surface area contributed by atoms with Gasteiger partial charge in [-0.1, -0.05) is 18.2 Å². The molecule has 0 spiro atoms. The summed E-state index contributed by atoms with van der Waals surface area (Å²) in [5.74, 6) is -1.87. The molecule has 1 fully saturated rings. The lowest BCUT2D eigenvalue weighted by molar-refractivity contribution is -0.136. The SMILES string of the molecule is COC(=O)c1ccc(NC(=O)C(=O)NCCCN2CCN(c3ccccc3)CC2)cc1. The highest BCUT2D eigenvalue weighted by Crippen LogP contribution is 2.15. The van der Waals surface area contributed by atoms with Gasteiger partial charge in [0.2, 0.25) is 0 Å². The van der Waals surface area contributed by atoms with Crippen molar-refractivity contribution in [3.05, 3.63) is 60.2 Å². The van der Waals surface area contributed by atoms with E-state index in [9.17, 15) is 14.4 Å². The molecule has 1 aliphatic heterocycles. The molecule has 0 atom stereocenters. The van der Waals surface area contributed by atoms with E-state index >= 15 is 0 Å². The van der Waals surface area contributed by atoms with Gasteiger partial charge in [-0.05, 0) is 49.4 Å². The zero-order valence-electron chi connectivity index (χ0n) is 17.7. The molecule has 164 valence electrons. The number of rotatable bonds is 7. The molecule has 2 N–H and O–H groups in total. The topological polar surface area (TPSA) is 91.0 Å². The summed E-state index contributed by atoms with van der Waals surface area (Å²) in [6.07, 6.45) is 0.776. The molecule has 0 saturated carbocycles. The molecule has 1 saturated heterocycles. The zero-order chi connectivity index (χ0) is 22.1. The number of hydrogen-bond donors (Lipinski definition) is 2. The standard InChI is InChI=1S/C23H28N4O4/c1-31-23(30)18-8-10-19(11-9-18)25-22(29)21(28)24-12-5-13-26-14-16-27(17-15-26)20-6-3-2-4-7-20/h2-4,6-11H,5,12-17H2,1H3,(H,24,28)(H,25,29). The Morgan fingerprint density at radius 2 is 1.58 bits per heavy atom. The lowest BCUT2D eigenvalue weighted by atomic mass is 10.2. The number of para-hydroxylation sites is 1. The monoisotopic (exact) mass is 424 g/mol. The number of anilines is 2. The van der Waals surface area contributed by atoms with Crippen LogP contribution in [0.5, 0.6) is 0 Å². The van der Waals surface area contributed by atoms with Crippen LogP contribution in [0.4, 0.5) is 11.4 Å². The van der Waals surface area contributed by atoms with E-state index in [1.165, 1.54) is 24.9 Å². The lowest BCUT2D eigenvalue weighted by Gasteiger charge is -2.36. The molecule has 3 rings (SSSR count). The number of methoxy groups -OCH3 is 1. The van der Waals surface area contributed by atoms with Gasteiger partial charge in [0.05, 0.1) is 12.7 Å². The second-order valence-electron chi connectivity index (χ2n) is 7.30. The number of piperazine rings is 1. The van der Waals surface area contributed by atoms with Crippen LogP contribution in [0.2, 0.25) is 0 Å². The number of carbonyl (C=O) groups is 3. The van der Waals surface area contributed by atoms with Crippen molar-refractivity contribution in [2.24, 2.45) is 0 Å². The van der Waals surface area contributed by atoms with Crippen LogP contribution >= 0.6 is 0 Å². The normalized spacial score (nSPS) is 14.0. The van der Waals surface area contributed by atoms with Gasteiger partial charge in [0, 0.05) is 44.1 Å². The maximum atomic E-state index is 12.0. The van der Waals surface area contributed by atoms with Crippen molar-refractivity contribution in [3.63, 3.8) is 0 Å². The van der Waals surface area contributed by atoms with Crippen LogP contribution in [0, 0.1) is 0 Å². The smallest absolute Gasteiger partial charge is 0.337 e. The fourth-order valence-corrected chi connectivity index (χ4v) is 3.45. The molecule has 2 aromatic rings. The highest BCUT2D eigenvalue weighted by Gasteiger charge is 2.17. The third kappa shape index (κ3) is 6.55. The Balaban J connectivity index is 1.32. The van der Waals surface area contributed by atoms with Crippen molar-refractivity contribution in [3.8, 4) is 0 Å². The maximum Gasteiger partial charge on any atom is 0.337 e. The number of hydrogen-bond acceptors (Lipinski definition) is 6. The molecule has 0 unspecified atom stereocenters. The van der Waals surface area contributed by atoms with E-state index in [0.717, 1.165) is 39.1 Å². The van der Waals surface area contributed by atoms with E-state index in [1.54, 1.807) is 12.1 Å². The van der Waals surface area contributed by atoms with Crippen molar-refractivity contribution in [2.45, 2.75) is 6.42 Å². The van der Waals surface area contributed by atoms with E-state index in [-0.39, 0.29) is 0 Å². The molecule has 8 nitrogen and oxygen atoms in total. The quantitative estimate of drug-likeness (QED) is 0.400. The fourth-order valence-electron chi connectivity index (χ4n) is 3.45. The number of ether oxygens (including phenoxy) is 1. The Kier molecular flexibility index (Phi) is 8.00. The first kappa shape index (κ1) is 22.3. The van der Waals surface area contributed by atoms with Gasteiger partial charge in [0.1, 0.15) is 0 Å². The average molecular weight is 425 g/mol. The number of esters is 1. The van der Waals surface area contributed by atoms with Gasteiger partial charge in [0.25, 0.3) is 0 Å². The van der Waals surface area contributed by atoms with Crippen molar-refractivity contribution in [1.29, 1.82) is 0 Å². The molecule has 1 aliphatic rings. The second-order valence-corrected chi connectivity index (χ2v) is 7.30. The Hall–Kier alpha value is -3.39. The number of nitrogens with one attached hydrogen (secondary N) is 2. The molecule has 31 heavy (non-hydrogen) atoms. The largest absolute Gasteiger partial charge is 0.465 e. The third-order valence-electron chi connectivity index (χ3n) is 5.20. The predicted octanol–water partition coefficient (Wildman–Crippen LogP) is 1.74. The van der Waals surface area contributed by atoms with Crippen molar-refractivity contribution < 1.29 is 19.1 Å². The number of benzene rings is 2. The average Bonchev–Trinajstić information content (AvgIpc) is 2.82. The summed E-state index contributed by atoms with van der Waals surface area (Å²) in [4.78, 5) is 40.2. The Morgan fingerprint density at radius 1 is 0.903 bits per heavy atom. The van der Waals surface area contributed by atoms with E-state index in [2.05, 4.69) is 49.4 Å². The summed E-state index contributed by atoms with van der Waals surface area (Å²) >= 11 is 0. The van der Waals surface area contributed by atoms with Crippen LogP contribution in [-0.2, 0) is 14.3 Å². The molecule has 8 heteroatoms. The minimum Gasteiger partial charge on any atom is -0.465 e. The van der Waals surface area contributed by atoms with Crippen molar-refractivity contribution in [2.75, 3.05) is 56.6 Å². The van der Waals surface area contributed by atoms with Gasteiger partial charge >= 0.3 is 17.8 Å². The van der Waals surface area contributed by atoms with E-state index in [4.69, 9.17) is 0 Å². The fraction of sp³-hybridized carbons (Fsp3) is 0.348. The minimum atomic E-state index is -0.734. The van der Waals surface area contributed by atoms with Crippen LogP contribution in [0.25, 0.3) is 0 Å². The summed E-state index contributed by atoms with van der Waals surface area (Å²) in [6.45, 7) is 5.23. The summed E-state index contributed by atoms with van der Waals surface area (Å²) in [7, 11) is 1.30. The molecule has 1 heterocycles. The van der Waals surface area contributed by atoms with E-state index in [0.29, 0.717) is 17.8 Å². The third-order valence-corrected chi connectivity index (χ3v) is 5.20. The molecule has 0 bridgehead atoms. The summed E-state index contributed by atoms with van der Waals surface area (Å²) < 4.78 is 4.62. The Labute approximate surface area is 182 Å². The van der Waals surface area contributed by atoms with Gasteiger partial charge in [-0.2, -0.15) is 0 Å². The van der Waals surface area contributed by atoms with Crippen LogP contribution in [0.15, 0.2) is 54.6 Å². The molecular formula is C23H28N4O4. The Morgan fingerprint density at radius 3 is 2.23 bits per heavy atom. The van der Waals surface area contributed by atoms with Gasteiger partial charge < -0.3 is 20.3 Å². The summed E-state index contributed by atoms with van der Waals surface area (Å²) in [6, 6.07) is 16.5. The molecule has 2 aromatic carbocycles. The lowest BCUT2D eigenvalue weighted by Crippen LogP contribution is -2.47. The molecule has 2 amide bonds. The zero-order valence-corrected chi connectivity index (χ0v) is 17.7. The highest BCUT2D eigenvalue weighted by molar-refractivity contribution is 6.39. The predicted molar refractivity (Wildman–Crippen MR) is 119 cm³/mol. The first-order valence-corrected chi connectivity index (χ1v) is 10.4. The van der Waals surface area contributed by atoms with Gasteiger partial charge in [-0.15, -0.1) is 0 Å². The number of nitrogens with zero attached hydrogens (tertiary/aromatic N) is 2. The van der Waals surface area contributed by atoms with Crippen molar-refractivity contribution in [1.82, 2.24) is 10.2 Å². The van der Waals surface area contributed by atoms with Gasteiger partial charge in [0.15, 0.2) is 0 Å². The maximum absolute atomic E-state index is 12.0. The first-order chi connectivity index (χ1) is 15.1.